The molecule has 0 spiro atoms. The molecule has 1 aliphatic carbocycles. The van der Waals surface area contributed by atoms with Crippen molar-refractivity contribution in [3.8, 4) is 11.5 Å². The second-order valence-electron chi connectivity index (χ2n) is 6.60. The largest absolute Gasteiger partial charge is 0.493 e. The van der Waals surface area contributed by atoms with Crippen molar-refractivity contribution in [2.75, 3.05) is 20.8 Å². The van der Waals surface area contributed by atoms with Gasteiger partial charge in [-0.3, -0.25) is 9.59 Å². The summed E-state index contributed by atoms with van der Waals surface area (Å²) in [5, 5.41) is 2.63. The fourth-order valence-electron chi connectivity index (χ4n) is 2.95. The molecule has 0 unspecified atom stereocenters. The second kappa shape index (κ2) is 8.73. The predicted molar refractivity (Wildman–Crippen MR) is 102 cm³/mol. The summed E-state index contributed by atoms with van der Waals surface area (Å²) in [6.07, 6.45) is 1.79. The van der Waals surface area contributed by atoms with Gasteiger partial charge in [0.1, 0.15) is 5.82 Å². The molecule has 0 bridgehead atoms. The van der Waals surface area contributed by atoms with Crippen LogP contribution in [0.4, 0.5) is 4.39 Å². The average molecular weight is 386 g/mol. The SMILES string of the molecule is COc1ccc(C(=O)NCC(=O)N(Cc2ccccc2F)C2CC2)cc1OC. The Labute approximate surface area is 163 Å². The molecule has 0 aromatic heterocycles. The van der Waals surface area contributed by atoms with Crippen LogP contribution in [-0.4, -0.2) is 43.5 Å². The van der Waals surface area contributed by atoms with Crippen molar-refractivity contribution in [1.29, 1.82) is 0 Å². The number of hydrogen-bond acceptors (Lipinski definition) is 4. The van der Waals surface area contributed by atoms with Crippen LogP contribution in [0.5, 0.6) is 11.5 Å². The van der Waals surface area contributed by atoms with E-state index in [4.69, 9.17) is 9.47 Å². The van der Waals surface area contributed by atoms with Crippen molar-refractivity contribution >= 4 is 11.8 Å². The minimum atomic E-state index is -0.393. The van der Waals surface area contributed by atoms with Crippen molar-refractivity contribution in [1.82, 2.24) is 10.2 Å². The lowest BCUT2D eigenvalue weighted by molar-refractivity contribution is -0.131. The third-order valence-electron chi connectivity index (χ3n) is 4.65. The number of rotatable bonds is 8. The fraction of sp³-hybridized carbons (Fsp3) is 0.333. The molecule has 7 heteroatoms. The first kappa shape index (κ1) is 19.7. The first-order valence-electron chi connectivity index (χ1n) is 9.06. The number of ether oxygens (including phenoxy) is 2. The van der Waals surface area contributed by atoms with Gasteiger partial charge in [0.25, 0.3) is 5.91 Å². The number of carbonyl (C=O) groups is 2. The number of nitrogens with zero attached hydrogens (tertiary/aromatic N) is 1. The van der Waals surface area contributed by atoms with Gasteiger partial charge in [-0.15, -0.1) is 0 Å². The molecule has 2 amide bonds. The Morgan fingerprint density at radius 2 is 1.82 bits per heavy atom. The summed E-state index contributed by atoms with van der Waals surface area (Å²) in [4.78, 5) is 26.7. The number of carbonyl (C=O) groups excluding carboxylic acids is 2. The quantitative estimate of drug-likeness (QED) is 0.758. The van der Waals surface area contributed by atoms with Crippen LogP contribution in [0.3, 0.4) is 0 Å². The van der Waals surface area contributed by atoms with Gasteiger partial charge in [0.15, 0.2) is 11.5 Å². The van der Waals surface area contributed by atoms with E-state index in [0.29, 0.717) is 22.6 Å². The van der Waals surface area contributed by atoms with Crippen LogP contribution in [0.25, 0.3) is 0 Å². The van der Waals surface area contributed by atoms with E-state index >= 15 is 0 Å². The van der Waals surface area contributed by atoms with E-state index in [-0.39, 0.29) is 30.9 Å². The molecule has 0 aliphatic heterocycles. The maximum atomic E-state index is 13.9. The lowest BCUT2D eigenvalue weighted by Gasteiger charge is -2.23. The average Bonchev–Trinajstić information content (AvgIpc) is 3.55. The van der Waals surface area contributed by atoms with Gasteiger partial charge in [-0.25, -0.2) is 4.39 Å². The third kappa shape index (κ3) is 4.60. The molecule has 1 saturated carbocycles. The molecule has 28 heavy (non-hydrogen) atoms. The van der Waals surface area contributed by atoms with Crippen LogP contribution in [0.1, 0.15) is 28.8 Å². The zero-order chi connectivity index (χ0) is 20.1. The first-order valence-corrected chi connectivity index (χ1v) is 9.06. The molecule has 2 aromatic carbocycles. The number of halogens is 1. The molecule has 1 aliphatic rings. The van der Waals surface area contributed by atoms with Crippen LogP contribution in [0, 0.1) is 5.82 Å². The van der Waals surface area contributed by atoms with Crippen LogP contribution in [0.2, 0.25) is 0 Å². The van der Waals surface area contributed by atoms with E-state index in [1.165, 1.54) is 20.3 Å². The molecular formula is C21H23FN2O4. The molecule has 3 rings (SSSR count). The molecule has 2 aromatic rings. The van der Waals surface area contributed by atoms with Gasteiger partial charge in [0, 0.05) is 23.7 Å². The van der Waals surface area contributed by atoms with Crippen molar-refractivity contribution < 1.29 is 23.5 Å². The maximum absolute atomic E-state index is 13.9. The van der Waals surface area contributed by atoms with E-state index in [2.05, 4.69) is 5.32 Å². The minimum absolute atomic E-state index is 0.102. The van der Waals surface area contributed by atoms with Crippen molar-refractivity contribution in [3.05, 3.63) is 59.4 Å². The highest BCUT2D eigenvalue weighted by Gasteiger charge is 2.33. The van der Waals surface area contributed by atoms with Crippen LogP contribution in [-0.2, 0) is 11.3 Å². The van der Waals surface area contributed by atoms with Gasteiger partial charge < -0.3 is 19.7 Å². The van der Waals surface area contributed by atoms with Crippen LogP contribution in [0.15, 0.2) is 42.5 Å². The summed E-state index contributed by atoms with van der Waals surface area (Å²) in [7, 11) is 3.00. The highest BCUT2D eigenvalue weighted by Crippen LogP contribution is 2.29. The molecule has 0 saturated heterocycles. The summed E-state index contributed by atoms with van der Waals surface area (Å²) in [6, 6.07) is 11.3. The predicted octanol–water partition coefficient (Wildman–Crippen LogP) is 2.76. The summed E-state index contributed by atoms with van der Waals surface area (Å²) in [6.45, 7) is 0.0422. The summed E-state index contributed by atoms with van der Waals surface area (Å²) in [5.74, 6) is -0.0219. The Bertz CT molecular complexity index is 867. The van der Waals surface area contributed by atoms with Gasteiger partial charge in [-0.1, -0.05) is 18.2 Å². The van der Waals surface area contributed by atoms with Gasteiger partial charge in [0.05, 0.1) is 20.8 Å². The highest BCUT2D eigenvalue weighted by atomic mass is 19.1. The summed E-state index contributed by atoms with van der Waals surface area (Å²) >= 11 is 0. The molecule has 6 nitrogen and oxygen atoms in total. The standard InChI is InChI=1S/C21H23FN2O4/c1-27-18-10-7-14(11-19(18)28-2)21(26)23-12-20(25)24(16-8-9-16)13-15-5-3-4-6-17(15)22/h3-7,10-11,16H,8-9,12-13H2,1-2H3,(H,23,26). The normalized spacial score (nSPS) is 13.0. The van der Waals surface area contributed by atoms with E-state index in [1.807, 2.05) is 0 Å². The number of hydrogen-bond donors (Lipinski definition) is 1. The molecule has 0 heterocycles. The zero-order valence-corrected chi connectivity index (χ0v) is 15.9. The van der Waals surface area contributed by atoms with Gasteiger partial charge in [-0.05, 0) is 37.1 Å². The first-order chi connectivity index (χ1) is 13.5. The van der Waals surface area contributed by atoms with Gasteiger partial charge in [0.2, 0.25) is 5.91 Å². The summed E-state index contributed by atoms with van der Waals surface area (Å²) < 4.78 is 24.3. The fourth-order valence-corrected chi connectivity index (χ4v) is 2.95. The number of methoxy groups -OCH3 is 2. The minimum Gasteiger partial charge on any atom is -0.493 e. The second-order valence-corrected chi connectivity index (χ2v) is 6.60. The van der Waals surface area contributed by atoms with Crippen molar-refractivity contribution in [3.63, 3.8) is 0 Å². The molecule has 0 radical (unpaired) electrons. The lowest BCUT2D eigenvalue weighted by Crippen LogP contribution is -2.41. The smallest absolute Gasteiger partial charge is 0.251 e. The number of nitrogens with one attached hydrogen (secondary N) is 1. The Hall–Kier alpha value is -3.09. The molecule has 1 N–H and O–H groups in total. The molecular weight excluding hydrogens is 363 g/mol. The maximum Gasteiger partial charge on any atom is 0.251 e. The highest BCUT2D eigenvalue weighted by molar-refractivity contribution is 5.97. The van der Waals surface area contributed by atoms with E-state index < -0.39 is 5.91 Å². The topological polar surface area (TPSA) is 67.9 Å². The monoisotopic (exact) mass is 386 g/mol. The zero-order valence-electron chi connectivity index (χ0n) is 15.9. The summed E-state index contributed by atoms with van der Waals surface area (Å²) in [5.41, 5.74) is 0.825. The van der Waals surface area contributed by atoms with Gasteiger partial charge >= 0.3 is 0 Å². The van der Waals surface area contributed by atoms with Crippen LogP contribution >= 0.6 is 0 Å². The van der Waals surface area contributed by atoms with Gasteiger partial charge in [-0.2, -0.15) is 0 Å². The molecule has 0 atom stereocenters. The Morgan fingerprint density at radius 3 is 2.46 bits per heavy atom. The Morgan fingerprint density at radius 1 is 1.11 bits per heavy atom. The van der Waals surface area contributed by atoms with E-state index in [1.54, 1.807) is 41.3 Å². The third-order valence-corrected chi connectivity index (χ3v) is 4.65. The Kier molecular flexibility index (Phi) is 6.13. The van der Waals surface area contributed by atoms with Crippen molar-refractivity contribution in [2.45, 2.75) is 25.4 Å². The number of benzene rings is 2. The van der Waals surface area contributed by atoms with Crippen LogP contribution < -0.4 is 14.8 Å². The lowest BCUT2D eigenvalue weighted by atomic mass is 10.2. The molecule has 148 valence electrons. The Balaban J connectivity index is 1.63. The van der Waals surface area contributed by atoms with E-state index in [0.717, 1.165) is 12.8 Å². The number of amides is 2. The molecule has 1 fully saturated rings. The van der Waals surface area contributed by atoms with E-state index in [9.17, 15) is 14.0 Å². The van der Waals surface area contributed by atoms with Crippen molar-refractivity contribution in [2.24, 2.45) is 0 Å².